The number of carboxylic acid groups (broad SMARTS) is 1. The quantitative estimate of drug-likeness (QED) is 0.713. The number of nitrogens with one attached hydrogen (secondary N) is 1. The van der Waals surface area contributed by atoms with Crippen LogP contribution < -0.4 is 4.72 Å². The molecule has 1 fully saturated rings. The van der Waals surface area contributed by atoms with Crippen molar-refractivity contribution < 1.29 is 18.3 Å². The maximum atomic E-state index is 12.1. The smallest absolute Gasteiger partial charge is 0.310 e. The molecule has 0 aromatic rings. The topological polar surface area (TPSA) is 86.7 Å². The minimum Gasteiger partial charge on any atom is -0.481 e. The molecule has 1 aliphatic carbocycles. The van der Waals surface area contributed by atoms with Crippen LogP contribution in [-0.4, -0.2) is 43.9 Å². The van der Waals surface area contributed by atoms with Gasteiger partial charge in [0.15, 0.2) is 0 Å². The van der Waals surface area contributed by atoms with Crippen LogP contribution in [0, 0.1) is 5.41 Å². The molecule has 0 aliphatic heterocycles. The highest BCUT2D eigenvalue weighted by atomic mass is 32.2. The Balaban J connectivity index is 2.65. The van der Waals surface area contributed by atoms with Crippen molar-refractivity contribution in [1.82, 2.24) is 9.03 Å². The Morgan fingerprint density at radius 1 is 1.30 bits per heavy atom. The largest absolute Gasteiger partial charge is 0.481 e. The Bertz CT molecular complexity index is 416. The van der Waals surface area contributed by atoms with Crippen molar-refractivity contribution in [3.63, 3.8) is 0 Å². The van der Waals surface area contributed by atoms with Gasteiger partial charge in [-0.2, -0.15) is 12.7 Å². The lowest BCUT2D eigenvalue weighted by molar-refractivity contribution is -0.150. The molecule has 20 heavy (non-hydrogen) atoms. The van der Waals surface area contributed by atoms with E-state index < -0.39 is 21.6 Å². The number of hydrogen-bond donors (Lipinski definition) is 2. The van der Waals surface area contributed by atoms with Gasteiger partial charge in [-0.05, 0) is 19.3 Å². The third-order valence-corrected chi connectivity index (χ3v) is 5.61. The van der Waals surface area contributed by atoms with Gasteiger partial charge in [-0.1, -0.05) is 32.6 Å². The van der Waals surface area contributed by atoms with Gasteiger partial charge < -0.3 is 5.11 Å². The Morgan fingerprint density at radius 3 is 2.40 bits per heavy atom. The van der Waals surface area contributed by atoms with Crippen molar-refractivity contribution in [2.45, 2.75) is 51.9 Å². The summed E-state index contributed by atoms with van der Waals surface area (Å²) in [7, 11) is -2.06. The third-order valence-electron chi connectivity index (χ3n) is 4.09. The second-order valence-electron chi connectivity index (χ2n) is 5.65. The molecule has 0 saturated heterocycles. The average Bonchev–Trinajstić information content (AvgIpc) is 2.43. The Labute approximate surface area is 121 Å². The number of rotatable bonds is 8. The fourth-order valence-corrected chi connectivity index (χ4v) is 3.58. The molecular weight excluding hydrogens is 280 g/mol. The first-order valence-electron chi connectivity index (χ1n) is 7.28. The van der Waals surface area contributed by atoms with E-state index in [9.17, 15) is 18.3 Å². The van der Waals surface area contributed by atoms with Crippen LogP contribution in [-0.2, 0) is 15.0 Å². The zero-order valence-corrected chi connectivity index (χ0v) is 13.2. The molecule has 0 unspecified atom stereocenters. The fourth-order valence-electron chi connectivity index (χ4n) is 2.54. The van der Waals surface area contributed by atoms with E-state index in [1.54, 1.807) is 0 Å². The predicted octanol–water partition coefficient (Wildman–Crippen LogP) is 1.59. The van der Waals surface area contributed by atoms with Crippen LogP contribution in [0.5, 0.6) is 0 Å². The molecule has 0 amide bonds. The molecule has 7 heteroatoms. The first-order valence-corrected chi connectivity index (χ1v) is 8.72. The van der Waals surface area contributed by atoms with Crippen molar-refractivity contribution in [3.8, 4) is 0 Å². The van der Waals surface area contributed by atoms with Crippen LogP contribution >= 0.6 is 0 Å². The van der Waals surface area contributed by atoms with Gasteiger partial charge in [0.1, 0.15) is 0 Å². The average molecular weight is 306 g/mol. The van der Waals surface area contributed by atoms with E-state index in [0.29, 0.717) is 19.4 Å². The summed E-state index contributed by atoms with van der Waals surface area (Å²) >= 11 is 0. The molecule has 1 rings (SSSR count). The fraction of sp³-hybridized carbons (Fsp3) is 0.923. The van der Waals surface area contributed by atoms with Gasteiger partial charge in [0.05, 0.1) is 5.41 Å². The van der Waals surface area contributed by atoms with Gasteiger partial charge in [-0.15, -0.1) is 0 Å². The molecule has 0 spiro atoms. The molecule has 0 heterocycles. The number of nitrogens with zero attached hydrogens (tertiary/aromatic N) is 1. The van der Waals surface area contributed by atoms with Crippen molar-refractivity contribution in [2.75, 3.05) is 20.1 Å². The van der Waals surface area contributed by atoms with Crippen LogP contribution in [0.3, 0.4) is 0 Å². The van der Waals surface area contributed by atoms with Gasteiger partial charge in [-0.25, -0.2) is 4.72 Å². The van der Waals surface area contributed by atoms with Gasteiger partial charge >= 0.3 is 5.97 Å². The summed E-state index contributed by atoms with van der Waals surface area (Å²) in [5.74, 6) is -0.892. The maximum Gasteiger partial charge on any atom is 0.310 e. The summed E-state index contributed by atoms with van der Waals surface area (Å²) in [6, 6.07) is 0. The molecule has 1 saturated carbocycles. The molecule has 0 radical (unpaired) electrons. The van der Waals surface area contributed by atoms with E-state index in [2.05, 4.69) is 4.72 Å². The lowest BCUT2D eigenvalue weighted by Gasteiger charge is -2.33. The van der Waals surface area contributed by atoms with Crippen LogP contribution in [0.1, 0.15) is 51.9 Å². The molecule has 0 atom stereocenters. The monoisotopic (exact) mass is 306 g/mol. The highest BCUT2D eigenvalue weighted by molar-refractivity contribution is 7.87. The molecule has 0 aromatic heterocycles. The number of carboxylic acids is 1. The zero-order valence-electron chi connectivity index (χ0n) is 12.4. The summed E-state index contributed by atoms with van der Waals surface area (Å²) in [4.78, 5) is 11.5. The van der Waals surface area contributed by atoms with Gasteiger partial charge in [-0.3, -0.25) is 4.79 Å². The Kier molecular flexibility index (Phi) is 6.42. The minimum absolute atomic E-state index is 0.0128. The van der Waals surface area contributed by atoms with E-state index in [-0.39, 0.29) is 6.54 Å². The van der Waals surface area contributed by atoms with Crippen molar-refractivity contribution in [2.24, 2.45) is 5.41 Å². The number of hydrogen-bond acceptors (Lipinski definition) is 3. The van der Waals surface area contributed by atoms with E-state index in [0.717, 1.165) is 32.1 Å². The number of aliphatic carboxylic acids is 1. The van der Waals surface area contributed by atoms with Gasteiger partial charge in [0, 0.05) is 20.1 Å². The highest BCUT2D eigenvalue weighted by Gasteiger charge is 2.40. The molecule has 6 nitrogen and oxygen atoms in total. The molecule has 0 aromatic carbocycles. The normalized spacial score (nSPS) is 19.1. The first-order chi connectivity index (χ1) is 9.34. The zero-order chi connectivity index (χ0) is 15.2. The van der Waals surface area contributed by atoms with Crippen molar-refractivity contribution in [3.05, 3.63) is 0 Å². The van der Waals surface area contributed by atoms with Gasteiger partial charge in [0.25, 0.3) is 10.2 Å². The van der Waals surface area contributed by atoms with Crippen molar-refractivity contribution in [1.29, 1.82) is 0 Å². The number of unbranched alkanes of at least 4 members (excludes halogenated alkanes) is 1. The van der Waals surface area contributed by atoms with Gasteiger partial charge in [0.2, 0.25) is 0 Å². The molecule has 118 valence electrons. The maximum absolute atomic E-state index is 12.1. The van der Waals surface area contributed by atoms with Crippen molar-refractivity contribution >= 4 is 16.2 Å². The van der Waals surface area contributed by atoms with Crippen LogP contribution in [0.2, 0.25) is 0 Å². The lowest BCUT2D eigenvalue weighted by atomic mass is 9.74. The van der Waals surface area contributed by atoms with E-state index >= 15 is 0 Å². The molecule has 2 N–H and O–H groups in total. The highest BCUT2D eigenvalue weighted by Crippen LogP contribution is 2.36. The predicted molar refractivity (Wildman–Crippen MR) is 77.6 cm³/mol. The van der Waals surface area contributed by atoms with Crippen LogP contribution in [0.25, 0.3) is 0 Å². The summed E-state index contributed by atoms with van der Waals surface area (Å²) in [6.07, 6.45) is 5.52. The third kappa shape index (κ3) is 4.43. The van der Waals surface area contributed by atoms with E-state index in [4.69, 9.17) is 0 Å². The minimum atomic E-state index is -3.58. The standard InChI is InChI=1S/C13H26N2O4S/c1-3-4-10-15(2)20(18,19)14-11-13(12(16)17)8-6-5-7-9-13/h14H,3-11H2,1-2H3,(H,16,17). The van der Waals surface area contributed by atoms with E-state index in [1.807, 2.05) is 6.92 Å². The second kappa shape index (κ2) is 7.38. The molecule has 1 aliphatic rings. The van der Waals surface area contributed by atoms with Crippen LogP contribution in [0.15, 0.2) is 0 Å². The summed E-state index contributed by atoms with van der Waals surface area (Å²) in [5, 5.41) is 9.42. The summed E-state index contributed by atoms with van der Waals surface area (Å²) in [5.41, 5.74) is -0.934. The molecular formula is C13H26N2O4S. The van der Waals surface area contributed by atoms with E-state index in [1.165, 1.54) is 11.4 Å². The summed E-state index contributed by atoms with van der Waals surface area (Å²) < 4.78 is 27.9. The lowest BCUT2D eigenvalue weighted by Crippen LogP contribution is -2.48. The Hall–Kier alpha value is -0.660. The second-order valence-corrected chi connectivity index (χ2v) is 7.51. The molecule has 0 bridgehead atoms. The summed E-state index contributed by atoms with van der Waals surface area (Å²) in [6.45, 7) is 2.43. The first kappa shape index (κ1) is 17.4. The van der Waals surface area contributed by atoms with Crippen LogP contribution in [0.4, 0.5) is 0 Å². The SMILES string of the molecule is CCCCN(C)S(=O)(=O)NCC1(C(=O)O)CCCCC1. The Morgan fingerprint density at radius 2 is 1.90 bits per heavy atom. The number of carbonyl (C=O) groups is 1.